The number of benzene rings is 1. The fraction of sp³-hybridized carbons (Fsp3) is 0.500. The van der Waals surface area contributed by atoms with Gasteiger partial charge in [0.1, 0.15) is 6.04 Å². The van der Waals surface area contributed by atoms with Crippen molar-refractivity contribution in [2.45, 2.75) is 39.7 Å². The summed E-state index contributed by atoms with van der Waals surface area (Å²) in [7, 11) is 0. The first-order valence-corrected chi connectivity index (χ1v) is 7.99. The Kier molecular flexibility index (Phi) is 7.69. The summed E-state index contributed by atoms with van der Waals surface area (Å²) >= 11 is 12.1. The van der Waals surface area contributed by atoms with Crippen LogP contribution in [0.15, 0.2) is 18.2 Å². The Morgan fingerprint density at radius 1 is 1.23 bits per heavy atom. The summed E-state index contributed by atoms with van der Waals surface area (Å²) in [6.45, 7) is 5.96. The molecule has 1 amide bonds. The molecule has 0 aliphatic heterocycles. The Morgan fingerprint density at radius 2 is 1.82 bits per heavy atom. The fourth-order valence-corrected chi connectivity index (χ4v) is 2.57. The molecule has 0 saturated heterocycles. The molecule has 4 nitrogen and oxygen atoms in total. The van der Waals surface area contributed by atoms with Crippen molar-refractivity contribution in [1.29, 1.82) is 0 Å². The SMILES string of the molecule is CCOC(=O)[C@H](CC(C)C)NC(=O)Cc1c(Cl)cccc1Cl. The summed E-state index contributed by atoms with van der Waals surface area (Å²) in [5.74, 6) is -0.484. The lowest BCUT2D eigenvalue weighted by molar-refractivity contribution is -0.147. The molecular formula is C16H21Cl2NO3. The van der Waals surface area contributed by atoms with Crippen molar-refractivity contribution in [2.24, 2.45) is 5.92 Å². The van der Waals surface area contributed by atoms with Gasteiger partial charge in [0.25, 0.3) is 0 Å². The van der Waals surface area contributed by atoms with E-state index in [4.69, 9.17) is 27.9 Å². The minimum absolute atomic E-state index is 0.0203. The number of hydrogen-bond donors (Lipinski definition) is 1. The monoisotopic (exact) mass is 345 g/mol. The average molecular weight is 346 g/mol. The molecule has 122 valence electrons. The number of esters is 1. The quantitative estimate of drug-likeness (QED) is 0.767. The summed E-state index contributed by atoms with van der Waals surface area (Å²) in [4.78, 5) is 24.1. The van der Waals surface area contributed by atoms with Gasteiger partial charge in [0, 0.05) is 10.0 Å². The molecule has 6 heteroatoms. The van der Waals surface area contributed by atoms with E-state index in [9.17, 15) is 9.59 Å². The molecule has 0 radical (unpaired) electrons. The molecule has 1 N–H and O–H groups in total. The van der Waals surface area contributed by atoms with E-state index < -0.39 is 12.0 Å². The molecule has 1 rings (SSSR count). The lowest BCUT2D eigenvalue weighted by Crippen LogP contribution is -2.43. The second kappa shape index (κ2) is 9.01. The van der Waals surface area contributed by atoms with Crippen LogP contribution in [0.25, 0.3) is 0 Å². The van der Waals surface area contributed by atoms with E-state index >= 15 is 0 Å². The molecule has 0 unspecified atom stereocenters. The van der Waals surface area contributed by atoms with E-state index in [0.717, 1.165) is 0 Å². The smallest absolute Gasteiger partial charge is 0.328 e. The highest BCUT2D eigenvalue weighted by atomic mass is 35.5. The Labute approximate surface area is 141 Å². The first-order valence-electron chi connectivity index (χ1n) is 7.24. The van der Waals surface area contributed by atoms with Gasteiger partial charge in [-0.25, -0.2) is 4.79 Å². The second-order valence-electron chi connectivity index (χ2n) is 5.38. The van der Waals surface area contributed by atoms with Gasteiger partial charge in [-0.1, -0.05) is 43.1 Å². The van der Waals surface area contributed by atoms with Gasteiger partial charge in [-0.3, -0.25) is 4.79 Å². The highest BCUT2D eigenvalue weighted by Gasteiger charge is 2.23. The van der Waals surface area contributed by atoms with Crippen molar-refractivity contribution in [3.63, 3.8) is 0 Å². The molecule has 1 aromatic rings. The molecule has 0 aromatic heterocycles. The van der Waals surface area contributed by atoms with E-state index in [2.05, 4.69) is 5.32 Å². The maximum absolute atomic E-state index is 12.2. The standard InChI is InChI=1S/C16H21Cl2NO3/c1-4-22-16(21)14(8-10(2)3)19-15(20)9-11-12(17)6-5-7-13(11)18/h5-7,10,14H,4,8-9H2,1-3H3,(H,19,20)/t14-/m0/s1. The highest BCUT2D eigenvalue weighted by molar-refractivity contribution is 6.36. The number of nitrogens with one attached hydrogen (secondary N) is 1. The zero-order valence-electron chi connectivity index (χ0n) is 13.0. The maximum Gasteiger partial charge on any atom is 0.328 e. The van der Waals surface area contributed by atoms with Crippen LogP contribution in [0, 0.1) is 5.92 Å². The predicted octanol–water partition coefficient (Wildman–Crippen LogP) is 3.63. The molecule has 0 fully saturated rings. The molecule has 0 heterocycles. The van der Waals surface area contributed by atoms with E-state index in [1.54, 1.807) is 25.1 Å². The van der Waals surface area contributed by atoms with Crippen LogP contribution in [-0.2, 0) is 20.7 Å². The van der Waals surface area contributed by atoms with Crippen molar-refractivity contribution in [1.82, 2.24) is 5.32 Å². The van der Waals surface area contributed by atoms with Gasteiger partial charge >= 0.3 is 5.97 Å². The normalized spacial score (nSPS) is 12.1. The number of rotatable bonds is 7. The van der Waals surface area contributed by atoms with Gasteiger partial charge in [-0.05, 0) is 37.0 Å². The lowest BCUT2D eigenvalue weighted by atomic mass is 10.0. The maximum atomic E-state index is 12.2. The summed E-state index contributed by atoms with van der Waals surface area (Å²) in [6.07, 6.45) is 0.535. The van der Waals surface area contributed by atoms with Crippen LogP contribution in [0.5, 0.6) is 0 Å². The van der Waals surface area contributed by atoms with E-state index in [1.807, 2.05) is 13.8 Å². The fourth-order valence-electron chi connectivity index (χ4n) is 2.04. The third kappa shape index (κ3) is 5.85. The molecule has 0 aliphatic carbocycles. The van der Waals surface area contributed by atoms with Gasteiger partial charge in [0.15, 0.2) is 0 Å². The lowest BCUT2D eigenvalue weighted by Gasteiger charge is -2.19. The van der Waals surface area contributed by atoms with Gasteiger partial charge in [-0.2, -0.15) is 0 Å². The Morgan fingerprint density at radius 3 is 2.32 bits per heavy atom. The van der Waals surface area contributed by atoms with Crippen molar-refractivity contribution < 1.29 is 14.3 Å². The molecule has 0 bridgehead atoms. The van der Waals surface area contributed by atoms with Crippen LogP contribution in [0.4, 0.5) is 0 Å². The Balaban J connectivity index is 2.76. The zero-order chi connectivity index (χ0) is 16.7. The number of halogens is 2. The van der Waals surface area contributed by atoms with Crippen LogP contribution in [0.2, 0.25) is 10.0 Å². The molecular weight excluding hydrogens is 325 g/mol. The Bertz CT molecular complexity index is 512. The van der Waals surface area contributed by atoms with Gasteiger partial charge in [0.05, 0.1) is 13.0 Å². The predicted molar refractivity (Wildman–Crippen MR) is 88.2 cm³/mol. The zero-order valence-corrected chi connectivity index (χ0v) is 14.5. The third-order valence-corrected chi connectivity index (χ3v) is 3.72. The average Bonchev–Trinajstić information content (AvgIpc) is 2.42. The number of hydrogen-bond acceptors (Lipinski definition) is 3. The minimum Gasteiger partial charge on any atom is -0.464 e. The number of carbonyl (C=O) groups is 2. The van der Waals surface area contributed by atoms with E-state index in [0.29, 0.717) is 22.0 Å². The highest BCUT2D eigenvalue weighted by Crippen LogP contribution is 2.24. The van der Waals surface area contributed by atoms with Crippen molar-refractivity contribution in [3.05, 3.63) is 33.8 Å². The van der Waals surface area contributed by atoms with Crippen LogP contribution in [0.3, 0.4) is 0 Å². The Hall–Kier alpha value is -1.26. The van der Waals surface area contributed by atoms with Gasteiger partial charge in [0.2, 0.25) is 5.91 Å². The third-order valence-electron chi connectivity index (χ3n) is 3.01. The first-order chi connectivity index (χ1) is 10.3. The summed E-state index contributed by atoms with van der Waals surface area (Å²) in [6, 6.07) is 4.40. The van der Waals surface area contributed by atoms with Gasteiger partial charge < -0.3 is 10.1 Å². The minimum atomic E-state index is -0.659. The summed E-state index contributed by atoms with van der Waals surface area (Å²) < 4.78 is 5.00. The van der Waals surface area contributed by atoms with Crippen molar-refractivity contribution in [2.75, 3.05) is 6.61 Å². The van der Waals surface area contributed by atoms with Crippen LogP contribution in [-0.4, -0.2) is 24.5 Å². The summed E-state index contributed by atoms with van der Waals surface area (Å²) in [5, 5.41) is 3.56. The van der Waals surface area contributed by atoms with Crippen molar-refractivity contribution in [3.8, 4) is 0 Å². The number of carbonyl (C=O) groups excluding carboxylic acids is 2. The van der Waals surface area contributed by atoms with Gasteiger partial charge in [-0.15, -0.1) is 0 Å². The van der Waals surface area contributed by atoms with Crippen LogP contribution < -0.4 is 5.32 Å². The molecule has 22 heavy (non-hydrogen) atoms. The van der Waals surface area contributed by atoms with Crippen molar-refractivity contribution >= 4 is 35.1 Å². The molecule has 0 aliphatic rings. The van der Waals surface area contributed by atoms with E-state index in [1.165, 1.54) is 0 Å². The van der Waals surface area contributed by atoms with E-state index in [-0.39, 0.29) is 24.9 Å². The number of ether oxygens (including phenoxy) is 1. The van der Waals surface area contributed by atoms with Crippen LogP contribution in [0.1, 0.15) is 32.8 Å². The first kappa shape index (κ1) is 18.8. The number of amides is 1. The largest absolute Gasteiger partial charge is 0.464 e. The van der Waals surface area contributed by atoms with Crippen LogP contribution >= 0.6 is 23.2 Å². The second-order valence-corrected chi connectivity index (χ2v) is 6.19. The summed E-state index contributed by atoms with van der Waals surface area (Å²) in [5.41, 5.74) is 0.551. The molecule has 0 saturated carbocycles. The topological polar surface area (TPSA) is 55.4 Å². The molecule has 0 spiro atoms. The molecule has 1 atom stereocenters. The molecule has 1 aromatic carbocycles.